The van der Waals surface area contributed by atoms with Crippen molar-refractivity contribution in [2.24, 2.45) is 0 Å². The maximum Gasteiger partial charge on any atom is 0.163 e. The van der Waals surface area contributed by atoms with E-state index in [-0.39, 0.29) is 5.41 Å². The van der Waals surface area contributed by atoms with Crippen molar-refractivity contribution in [3.63, 3.8) is 0 Å². The molecule has 0 heterocycles. The number of carbonyl (C=O) groups excluding carboxylic acids is 1. The van der Waals surface area contributed by atoms with Crippen LogP contribution in [-0.2, 0) is 5.41 Å². The lowest BCUT2D eigenvalue weighted by Gasteiger charge is -2.34. The van der Waals surface area contributed by atoms with Gasteiger partial charge in [0.25, 0.3) is 0 Å². The van der Waals surface area contributed by atoms with Gasteiger partial charge in [-0.3, -0.25) is 4.79 Å². The molecule has 0 saturated heterocycles. The van der Waals surface area contributed by atoms with E-state index in [0.717, 1.165) is 18.4 Å². The van der Waals surface area contributed by atoms with Gasteiger partial charge in [-0.2, -0.15) is 0 Å². The third-order valence-electron chi connectivity index (χ3n) is 3.56. The third-order valence-corrected chi connectivity index (χ3v) is 3.56. The van der Waals surface area contributed by atoms with Crippen molar-refractivity contribution in [1.82, 2.24) is 0 Å². The Bertz CT molecular complexity index is 367. The number of carbonyl (C=O) groups is 1. The van der Waals surface area contributed by atoms with Gasteiger partial charge in [-0.25, -0.2) is 0 Å². The minimum Gasteiger partial charge on any atom is -0.294 e. The van der Waals surface area contributed by atoms with Crippen LogP contribution < -0.4 is 0 Å². The van der Waals surface area contributed by atoms with E-state index in [0.29, 0.717) is 12.2 Å². The van der Waals surface area contributed by atoms with Crippen molar-refractivity contribution in [3.8, 4) is 0 Å². The Morgan fingerprint density at radius 2 is 2.07 bits per heavy atom. The Balaban J connectivity index is 2.57. The van der Waals surface area contributed by atoms with Crippen LogP contribution in [0, 0.1) is 0 Å². The van der Waals surface area contributed by atoms with Crippen molar-refractivity contribution in [3.05, 3.63) is 35.4 Å². The van der Waals surface area contributed by atoms with Gasteiger partial charge in [0.15, 0.2) is 5.78 Å². The number of hydrogen-bond acceptors (Lipinski definition) is 1. The van der Waals surface area contributed by atoms with Gasteiger partial charge in [-0.15, -0.1) is 0 Å². The first-order valence-corrected chi connectivity index (χ1v) is 5.30. The first kappa shape index (κ1) is 9.45. The molecule has 1 atom stereocenters. The molecule has 0 aliphatic heterocycles. The number of Topliss-reactive ketones (excluding diaryl/α,β-unsaturated/α-hetero) is 1. The van der Waals surface area contributed by atoms with E-state index >= 15 is 0 Å². The molecule has 0 spiro atoms. The van der Waals surface area contributed by atoms with Crippen LogP contribution in [0.4, 0.5) is 0 Å². The predicted molar refractivity (Wildman–Crippen MR) is 57.6 cm³/mol. The standard InChI is InChI=1S/C13H16O/c1-3-13(2)9-8-12(14)10-6-4-5-7-11(10)13/h4-7H,3,8-9H2,1-2H3. The van der Waals surface area contributed by atoms with E-state index in [2.05, 4.69) is 19.9 Å². The SMILES string of the molecule is CCC1(C)CCC(=O)c2ccccc21. The molecule has 0 aromatic heterocycles. The Kier molecular flexibility index (Phi) is 2.18. The van der Waals surface area contributed by atoms with Gasteiger partial charge in [0.2, 0.25) is 0 Å². The minimum atomic E-state index is 0.213. The van der Waals surface area contributed by atoms with Crippen LogP contribution in [0.5, 0.6) is 0 Å². The second-order valence-electron chi connectivity index (χ2n) is 4.38. The molecule has 0 saturated carbocycles. The maximum atomic E-state index is 11.7. The van der Waals surface area contributed by atoms with Crippen LogP contribution >= 0.6 is 0 Å². The summed E-state index contributed by atoms with van der Waals surface area (Å²) in [7, 11) is 0. The fourth-order valence-corrected chi connectivity index (χ4v) is 2.28. The highest BCUT2D eigenvalue weighted by atomic mass is 16.1. The smallest absolute Gasteiger partial charge is 0.163 e. The average molecular weight is 188 g/mol. The van der Waals surface area contributed by atoms with E-state index in [1.54, 1.807) is 0 Å². The third kappa shape index (κ3) is 1.28. The number of ketones is 1. The highest BCUT2D eigenvalue weighted by molar-refractivity contribution is 5.99. The zero-order valence-electron chi connectivity index (χ0n) is 8.84. The van der Waals surface area contributed by atoms with Crippen molar-refractivity contribution >= 4 is 5.78 Å². The van der Waals surface area contributed by atoms with Crippen molar-refractivity contribution in [2.75, 3.05) is 0 Å². The Morgan fingerprint density at radius 3 is 2.79 bits per heavy atom. The summed E-state index contributed by atoms with van der Waals surface area (Å²) in [6.45, 7) is 4.46. The monoisotopic (exact) mass is 188 g/mol. The molecule has 0 bridgehead atoms. The van der Waals surface area contributed by atoms with E-state index < -0.39 is 0 Å². The summed E-state index contributed by atoms with van der Waals surface area (Å²) < 4.78 is 0. The molecular formula is C13H16O. The van der Waals surface area contributed by atoms with Gasteiger partial charge in [0.1, 0.15) is 0 Å². The van der Waals surface area contributed by atoms with Gasteiger partial charge in [-0.05, 0) is 23.8 Å². The molecular weight excluding hydrogens is 172 g/mol. The summed E-state index contributed by atoms with van der Waals surface area (Å²) in [5.74, 6) is 0.312. The van der Waals surface area contributed by atoms with Gasteiger partial charge in [0.05, 0.1) is 0 Å². The molecule has 1 unspecified atom stereocenters. The predicted octanol–water partition coefficient (Wildman–Crippen LogP) is 3.33. The zero-order valence-corrected chi connectivity index (χ0v) is 8.84. The fourth-order valence-electron chi connectivity index (χ4n) is 2.28. The molecule has 1 heteroatoms. The van der Waals surface area contributed by atoms with E-state index in [9.17, 15) is 4.79 Å². The lowest BCUT2D eigenvalue weighted by molar-refractivity contribution is 0.0953. The van der Waals surface area contributed by atoms with Crippen molar-refractivity contribution in [1.29, 1.82) is 0 Å². The average Bonchev–Trinajstić information content (AvgIpc) is 2.24. The Hall–Kier alpha value is -1.11. The van der Waals surface area contributed by atoms with Gasteiger partial charge in [0, 0.05) is 12.0 Å². The largest absolute Gasteiger partial charge is 0.294 e. The Morgan fingerprint density at radius 1 is 1.36 bits per heavy atom. The summed E-state index contributed by atoms with van der Waals surface area (Å²) in [6.07, 6.45) is 2.82. The highest BCUT2D eigenvalue weighted by Gasteiger charge is 2.33. The molecule has 1 nitrogen and oxygen atoms in total. The molecule has 0 amide bonds. The van der Waals surface area contributed by atoms with Gasteiger partial charge in [-0.1, -0.05) is 38.1 Å². The molecule has 1 aromatic rings. The van der Waals surface area contributed by atoms with Crippen LogP contribution in [0.15, 0.2) is 24.3 Å². The summed E-state index contributed by atoms with van der Waals surface area (Å²) in [4.78, 5) is 11.7. The van der Waals surface area contributed by atoms with E-state index in [4.69, 9.17) is 0 Å². The molecule has 1 aliphatic carbocycles. The molecule has 0 radical (unpaired) electrons. The van der Waals surface area contributed by atoms with Crippen molar-refractivity contribution in [2.45, 2.75) is 38.5 Å². The maximum absolute atomic E-state index is 11.7. The number of fused-ring (bicyclic) bond motifs is 1. The van der Waals surface area contributed by atoms with Crippen molar-refractivity contribution < 1.29 is 4.79 Å². The van der Waals surface area contributed by atoms with Crippen LogP contribution in [0.3, 0.4) is 0 Å². The normalized spacial score (nSPS) is 26.0. The summed E-state index contributed by atoms with van der Waals surface area (Å²) in [6, 6.07) is 8.06. The first-order chi connectivity index (χ1) is 6.67. The fraction of sp³-hybridized carbons (Fsp3) is 0.462. The molecule has 0 N–H and O–H groups in total. The lowest BCUT2D eigenvalue weighted by Crippen LogP contribution is -2.29. The molecule has 74 valence electrons. The highest BCUT2D eigenvalue weighted by Crippen LogP contribution is 2.39. The molecule has 1 aliphatic rings. The van der Waals surface area contributed by atoms with Crippen LogP contribution in [0.1, 0.15) is 49.0 Å². The molecule has 0 fully saturated rings. The number of rotatable bonds is 1. The summed E-state index contributed by atoms with van der Waals surface area (Å²) in [5.41, 5.74) is 2.41. The zero-order chi connectivity index (χ0) is 10.2. The number of hydrogen-bond donors (Lipinski definition) is 0. The summed E-state index contributed by atoms with van der Waals surface area (Å²) >= 11 is 0. The Labute approximate surface area is 85.1 Å². The first-order valence-electron chi connectivity index (χ1n) is 5.30. The molecule has 14 heavy (non-hydrogen) atoms. The van der Waals surface area contributed by atoms with E-state index in [1.807, 2.05) is 18.2 Å². The lowest BCUT2D eigenvalue weighted by atomic mass is 9.69. The molecule has 1 aromatic carbocycles. The molecule has 2 rings (SSSR count). The number of benzene rings is 1. The van der Waals surface area contributed by atoms with Crippen LogP contribution in [0.25, 0.3) is 0 Å². The van der Waals surface area contributed by atoms with E-state index in [1.165, 1.54) is 5.56 Å². The van der Waals surface area contributed by atoms with Gasteiger partial charge < -0.3 is 0 Å². The quantitative estimate of drug-likeness (QED) is 0.660. The van der Waals surface area contributed by atoms with Crippen LogP contribution in [-0.4, -0.2) is 5.78 Å². The van der Waals surface area contributed by atoms with Gasteiger partial charge >= 0.3 is 0 Å². The summed E-state index contributed by atoms with van der Waals surface area (Å²) in [5, 5.41) is 0. The topological polar surface area (TPSA) is 17.1 Å². The second-order valence-corrected chi connectivity index (χ2v) is 4.38. The minimum absolute atomic E-state index is 0.213. The van der Waals surface area contributed by atoms with Crippen LogP contribution in [0.2, 0.25) is 0 Å². The second kappa shape index (κ2) is 3.23.